The highest BCUT2D eigenvalue weighted by molar-refractivity contribution is 9.10. The van der Waals surface area contributed by atoms with Crippen LogP contribution in [0.1, 0.15) is 20.3 Å². The molecule has 0 fully saturated rings. The van der Waals surface area contributed by atoms with Crippen molar-refractivity contribution in [3.63, 3.8) is 0 Å². The molecule has 8 heteroatoms. The second kappa shape index (κ2) is 8.47. The van der Waals surface area contributed by atoms with Crippen molar-refractivity contribution in [3.05, 3.63) is 22.7 Å². The Kier molecular flexibility index (Phi) is 7.30. The summed E-state index contributed by atoms with van der Waals surface area (Å²) >= 11 is 3.25. The van der Waals surface area contributed by atoms with Gasteiger partial charge in [0.1, 0.15) is 0 Å². The first-order chi connectivity index (χ1) is 9.86. The molecule has 0 aliphatic heterocycles. The molecule has 1 aromatic rings. The van der Waals surface area contributed by atoms with Crippen molar-refractivity contribution < 1.29 is 13.2 Å². The van der Waals surface area contributed by atoms with Crippen molar-refractivity contribution in [3.8, 4) is 0 Å². The molecule has 0 atom stereocenters. The van der Waals surface area contributed by atoms with E-state index in [4.69, 9.17) is 0 Å². The van der Waals surface area contributed by atoms with Crippen molar-refractivity contribution in [2.45, 2.75) is 25.2 Å². The number of halogens is 1. The average molecular weight is 378 g/mol. The van der Waals surface area contributed by atoms with Gasteiger partial charge in [-0.25, -0.2) is 13.1 Å². The highest BCUT2D eigenvalue weighted by atomic mass is 79.9. The summed E-state index contributed by atoms with van der Waals surface area (Å²) in [4.78, 5) is 11.2. The lowest BCUT2D eigenvalue weighted by Crippen LogP contribution is -2.32. The normalized spacial score (nSPS) is 11.4. The molecule has 0 aromatic heterocycles. The minimum absolute atomic E-state index is 0.152. The predicted octanol–water partition coefficient (Wildman–Crippen LogP) is 1.69. The van der Waals surface area contributed by atoms with E-state index in [1.165, 1.54) is 19.1 Å². The summed E-state index contributed by atoms with van der Waals surface area (Å²) in [7, 11) is -3.55. The minimum atomic E-state index is -3.55. The smallest absolute Gasteiger partial charge is 0.240 e. The summed E-state index contributed by atoms with van der Waals surface area (Å²) in [6, 6.07) is 4.47. The molecule has 0 bridgehead atoms. The lowest BCUT2D eigenvalue weighted by Gasteiger charge is -2.10. The number of anilines is 1. The molecule has 0 saturated heterocycles. The zero-order valence-electron chi connectivity index (χ0n) is 12.1. The minimum Gasteiger partial charge on any atom is -0.325 e. The van der Waals surface area contributed by atoms with Gasteiger partial charge in [0.05, 0.1) is 10.6 Å². The Labute approximate surface area is 133 Å². The van der Waals surface area contributed by atoms with Gasteiger partial charge in [0.25, 0.3) is 0 Å². The van der Waals surface area contributed by atoms with Gasteiger partial charge in [0.15, 0.2) is 0 Å². The largest absolute Gasteiger partial charge is 0.325 e. The first-order valence-electron chi connectivity index (χ1n) is 6.64. The number of hydrogen-bond donors (Lipinski definition) is 3. The molecule has 21 heavy (non-hydrogen) atoms. The number of benzene rings is 1. The second-order valence-electron chi connectivity index (χ2n) is 4.47. The van der Waals surface area contributed by atoms with E-state index in [9.17, 15) is 13.2 Å². The van der Waals surface area contributed by atoms with Crippen molar-refractivity contribution in [1.82, 2.24) is 10.0 Å². The maximum absolute atomic E-state index is 12.1. The Morgan fingerprint density at radius 3 is 2.52 bits per heavy atom. The van der Waals surface area contributed by atoms with Gasteiger partial charge in [-0.3, -0.25) is 4.79 Å². The molecule has 6 nitrogen and oxygen atoms in total. The molecule has 0 spiro atoms. The van der Waals surface area contributed by atoms with E-state index in [0.717, 1.165) is 13.0 Å². The third kappa shape index (κ3) is 6.13. The van der Waals surface area contributed by atoms with Crippen LogP contribution in [0.25, 0.3) is 0 Å². The number of sulfonamides is 1. The lowest BCUT2D eigenvalue weighted by atomic mass is 10.3. The second-order valence-corrected chi connectivity index (χ2v) is 7.09. The van der Waals surface area contributed by atoms with Crippen LogP contribution in [-0.2, 0) is 14.8 Å². The van der Waals surface area contributed by atoms with E-state index in [-0.39, 0.29) is 10.8 Å². The summed E-state index contributed by atoms with van der Waals surface area (Å²) in [5, 5.41) is 5.72. The summed E-state index contributed by atoms with van der Waals surface area (Å²) in [5.74, 6) is -0.216. The van der Waals surface area contributed by atoms with Crippen LogP contribution in [0.5, 0.6) is 0 Å². The highest BCUT2D eigenvalue weighted by Gasteiger charge is 2.15. The summed E-state index contributed by atoms with van der Waals surface area (Å²) in [6.07, 6.45) is 1.00. The Balaban J connectivity index is 2.70. The fourth-order valence-corrected chi connectivity index (χ4v) is 3.30. The third-order valence-corrected chi connectivity index (χ3v) is 4.70. The average Bonchev–Trinajstić information content (AvgIpc) is 2.40. The van der Waals surface area contributed by atoms with Crippen molar-refractivity contribution in [1.29, 1.82) is 0 Å². The molecule has 0 radical (unpaired) electrons. The fourth-order valence-electron chi connectivity index (χ4n) is 1.61. The van der Waals surface area contributed by atoms with Crippen molar-refractivity contribution >= 4 is 37.5 Å². The zero-order valence-corrected chi connectivity index (χ0v) is 14.5. The summed E-state index contributed by atoms with van der Waals surface area (Å²) in [5.41, 5.74) is 0.533. The number of carbonyl (C=O) groups is 1. The van der Waals surface area contributed by atoms with Crippen LogP contribution in [0, 0.1) is 0 Å². The molecule has 118 valence electrons. The Bertz CT molecular complexity index is 590. The van der Waals surface area contributed by atoms with Crippen LogP contribution >= 0.6 is 15.9 Å². The van der Waals surface area contributed by atoms with Crippen LogP contribution < -0.4 is 15.4 Å². The summed E-state index contributed by atoms with van der Waals surface area (Å²) < 4.78 is 27.2. The van der Waals surface area contributed by atoms with E-state index in [1.54, 1.807) is 6.07 Å². The van der Waals surface area contributed by atoms with Crippen LogP contribution in [-0.4, -0.2) is 34.0 Å². The van der Waals surface area contributed by atoms with E-state index in [2.05, 4.69) is 31.3 Å². The zero-order chi connectivity index (χ0) is 15.9. The van der Waals surface area contributed by atoms with Gasteiger partial charge in [-0.1, -0.05) is 6.92 Å². The van der Waals surface area contributed by atoms with E-state index in [0.29, 0.717) is 23.2 Å². The molecule has 0 unspecified atom stereocenters. The van der Waals surface area contributed by atoms with E-state index in [1.807, 2.05) is 6.92 Å². The molecule has 0 heterocycles. The van der Waals surface area contributed by atoms with Gasteiger partial charge in [0, 0.05) is 24.5 Å². The third-order valence-electron chi connectivity index (χ3n) is 2.58. The molecule has 1 aromatic carbocycles. The Morgan fingerprint density at radius 2 is 1.95 bits per heavy atom. The SMILES string of the molecule is CCCNCCNS(=O)(=O)c1ccc(NC(C)=O)c(Br)c1. The quantitative estimate of drug-likeness (QED) is 0.601. The van der Waals surface area contributed by atoms with Gasteiger partial charge in [0.2, 0.25) is 15.9 Å². The predicted molar refractivity (Wildman–Crippen MR) is 86.8 cm³/mol. The number of carbonyl (C=O) groups excluding carboxylic acids is 1. The fraction of sp³-hybridized carbons (Fsp3) is 0.462. The van der Waals surface area contributed by atoms with Gasteiger partial charge >= 0.3 is 0 Å². The first-order valence-corrected chi connectivity index (χ1v) is 8.92. The van der Waals surface area contributed by atoms with Crippen LogP contribution in [0.3, 0.4) is 0 Å². The molecular weight excluding hydrogens is 358 g/mol. The topological polar surface area (TPSA) is 87.3 Å². The first kappa shape index (κ1) is 18.1. The van der Waals surface area contributed by atoms with Crippen molar-refractivity contribution in [2.75, 3.05) is 25.0 Å². The Morgan fingerprint density at radius 1 is 1.24 bits per heavy atom. The van der Waals surface area contributed by atoms with Crippen molar-refractivity contribution in [2.24, 2.45) is 0 Å². The van der Waals surface area contributed by atoms with Gasteiger partial charge in [-0.2, -0.15) is 0 Å². The maximum Gasteiger partial charge on any atom is 0.240 e. The van der Waals surface area contributed by atoms with Crippen LogP contribution in [0.15, 0.2) is 27.6 Å². The lowest BCUT2D eigenvalue weighted by molar-refractivity contribution is -0.114. The molecule has 0 aliphatic carbocycles. The van der Waals surface area contributed by atoms with Crippen LogP contribution in [0.4, 0.5) is 5.69 Å². The molecule has 0 saturated carbocycles. The number of hydrogen-bond acceptors (Lipinski definition) is 4. The van der Waals surface area contributed by atoms with Gasteiger partial charge < -0.3 is 10.6 Å². The molecule has 1 rings (SSSR count). The number of rotatable bonds is 8. The Hall–Kier alpha value is -0.960. The van der Waals surface area contributed by atoms with E-state index >= 15 is 0 Å². The highest BCUT2D eigenvalue weighted by Crippen LogP contribution is 2.25. The molecular formula is C13H20BrN3O3S. The molecule has 3 N–H and O–H groups in total. The van der Waals surface area contributed by atoms with E-state index < -0.39 is 10.0 Å². The number of amides is 1. The maximum atomic E-state index is 12.1. The summed E-state index contributed by atoms with van der Waals surface area (Å²) in [6.45, 7) is 5.21. The monoisotopic (exact) mass is 377 g/mol. The van der Waals surface area contributed by atoms with Gasteiger partial charge in [-0.15, -0.1) is 0 Å². The van der Waals surface area contributed by atoms with Gasteiger partial charge in [-0.05, 0) is 47.1 Å². The number of nitrogens with one attached hydrogen (secondary N) is 3. The molecule has 0 aliphatic rings. The van der Waals surface area contributed by atoms with Crippen LogP contribution in [0.2, 0.25) is 0 Å². The molecule has 1 amide bonds. The standard InChI is InChI=1S/C13H20BrN3O3S/c1-3-6-15-7-8-16-21(19,20)11-4-5-13(12(14)9-11)17-10(2)18/h4-5,9,15-16H,3,6-8H2,1-2H3,(H,17,18).